The van der Waals surface area contributed by atoms with E-state index in [4.69, 9.17) is 14.2 Å². The number of aliphatic hydroxyl groups is 1. The summed E-state index contributed by atoms with van der Waals surface area (Å²) in [6, 6.07) is -0.897. The highest BCUT2D eigenvalue weighted by Gasteiger charge is 2.75. The number of ether oxygens (including phenoxy) is 3. The van der Waals surface area contributed by atoms with Crippen LogP contribution in [0.2, 0.25) is 0 Å². The van der Waals surface area contributed by atoms with Gasteiger partial charge < -0.3 is 29.1 Å². The van der Waals surface area contributed by atoms with Crippen molar-refractivity contribution in [1.82, 2.24) is 14.7 Å². The van der Waals surface area contributed by atoms with Crippen molar-refractivity contribution in [2.45, 2.75) is 37.0 Å². The molecule has 3 fully saturated rings. The van der Waals surface area contributed by atoms with Crippen LogP contribution in [0.15, 0.2) is 24.3 Å². The summed E-state index contributed by atoms with van der Waals surface area (Å²) >= 11 is 0. The second kappa shape index (κ2) is 9.65. The molecule has 0 aromatic rings. The molecule has 5 heterocycles. The molecule has 2 amide bonds. The van der Waals surface area contributed by atoms with Gasteiger partial charge in [0.2, 0.25) is 11.8 Å². The Bertz CT molecular complexity index is 917. The number of esters is 1. The van der Waals surface area contributed by atoms with Crippen molar-refractivity contribution in [2.75, 3.05) is 65.7 Å². The molecule has 5 aliphatic rings. The van der Waals surface area contributed by atoms with E-state index in [0.29, 0.717) is 45.7 Å². The molecule has 0 radical (unpaired) electrons. The number of rotatable bonds is 7. The van der Waals surface area contributed by atoms with Crippen LogP contribution in [0.25, 0.3) is 0 Å². The molecule has 0 bridgehead atoms. The molecule has 5 aliphatic heterocycles. The van der Waals surface area contributed by atoms with Crippen molar-refractivity contribution in [3.05, 3.63) is 24.3 Å². The monoisotopic (exact) mass is 489 g/mol. The molecule has 1 N–H and O–H groups in total. The number of likely N-dealkylation sites (tertiary alicyclic amines) is 1. The van der Waals surface area contributed by atoms with Gasteiger partial charge in [-0.2, -0.15) is 0 Å². The molecule has 0 aliphatic carbocycles. The van der Waals surface area contributed by atoms with Crippen LogP contribution in [0, 0.1) is 11.8 Å². The lowest BCUT2D eigenvalue weighted by Crippen LogP contribution is -2.57. The van der Waals surface area contributed by atoms with E-state index in [-0.39, 0.29) is 31.6 Å². The average Bonchev–Trinajstić information content (AvgIpc) is 3.14. The smallest absolute Gasteiger partial charge is 0.313 e. The fourth-order valence-electron chi connectivity index (χ4n) is 6.41. The van der Waals surface area contributed by atoms with Crippen molar-refractivity contribution in [1.29, 1.82) is 0 Å². The maximum atomic E-state index is 14.1. The Morgan fingerprint density at radius 3 is 2.57 bits per heavy atom. The molecule has 5 rings (SSSR count). The van der Waals surface area contributed by atoms with Crippen molar-refractivity contribution in [3.63, 3.8) is 0 Å². The molecule has 35 heavy (non-hydrogen) atoms. The van der Waals surface area contributed by atoms with Gasteiger partial charge in [0.15, 0.2) is 0 Å². The number of cyclic esters (lactones) is 1. The highest BCUT2D eigenvalue weighted by Crippen LogP contribution is 2.58. The first-order valence-electron chi connectivity index (χ1n) is 12.7. The van der Waals surface area contributed by atoms with Gasteiger partial charge in [0.05, 0.1) is 19.1 Å². The number of nitrogens with zero attached hydrogens (tertiary/aromatic N) is 3. The second-order valence-electron chi connectivity index (χ2n) is 9.90. The van der Waals surface area contributed by atoms with Gasteiger partial charge in [-0.15, -0.1) is 0 Å². The van der Waals surface area contributed by atoms with Crippen LogP contribution in [0.5, 0.6) is 0 Å². The molecular formula is C25H35N3O7. The summed E-state index contributed by atoms with van der Waals surface area (Å²) in [7, 11) is 0. The molecule has 0 aromatic carbocycles. The van der Waals surface area contributed by atoms with E-state index in [0.717, 1.165) is 13.1 Å². The Kier molecular flexibility index (Phi) is 6.73. The van der Waals surface area contributed by atoms with E-state index in [1.165, 1.54) is 4.90 Å². The molecule has 1 spiro atoms. The van der Waals surface area contributed by atoms with Crippen LogP contribution in [-0.4, -0.2) is 121 Å². The third-order valence-corrected chi connectivity index (χ3v) is 8.13. The van der Waals surface area contributed by atoms with Crippen molar-refractivity contribution in [3.8, 4) is 0 Å². The summed E-state index contributed by atoms with van der Waals surface area (Å²) in [5, 5.41) is 9.48. The van der Waals surface area contributed by atoms with E-state index in [1.54, 1.807) is 11.0 Å². The molecule has 3 saturated heterocycles. The Morgan fingerprint density at radius 2 is 1.83 bits per heavy atom. The summed E-state index contributed by atoms with van der Waals surface area (Å²) in [5.41, 5.74) is -2.28. The summed E-state index contributed by atoms with van der Waals surface area (Å²) in [5.74, 6) is -2.64. The average molecular weight is 490 g/mol. The Labute approximate surface area is 205 Å². The normalized spacial score (nSPS) is 37.1. The minimum Gasteiger partial charge on any atom is -0.461 e. The third kappa shape index (κ3) is 3.91. The molecule has 10 nitrogen and oxygen atoms in total. The lowest BCUT2D eigenvalue weighted by molar-refractivity contribution is -0.159. The van der Waals surface area contributed by atoms with E-state index < -0.39 is 35.0 Å². The Balaban J connectivity index is 1.50. The number of fused-ring (bicyclic) bond motifs is 2. The van der Waals surface area contributed by atoms with Crippen molar-refractivity contribution < 1.29 is 33.7 Å². The number of carbonyl (C=O) groups excluding carboxylic acids is 3. The summed E-state index contributed by atoms with van der Waals surface area (Å²) in [6.45, 7) is 6.83. The molecule has 192 valence electrons. The first-order valence-corrected chi connectivity index (χ1v) is 12.7. The first kappa shape index (κ1) is 24.4. The molecule has 1 unspecified atom stereocenters. The maximum absolute atomic E-state index is 14.1. The topological polar surface area (TPSA) is 109 Å². The van der Waals surface area contributed by atoms with Gasteiger partial charge in [-0.25, -0.2) is 0 Å². The Hall–Kier alpha value is -2.27. The van der Waals surface area contributed by atoms with E-state index in [9.17, 15) is 19.5 Å². The minimum absolute atomic E-state index is 0.104. The summed E-state index contributed by atoms with van der Waals surface area (Å²) in [6.07, 6.45) is 8.16. The summed E-state index contributed by atoms with van der Waals surface area (Å²) in [4.78, 5) is 46.7. The molecule has 10 heteroatoms. The number of morpholine rings is 1. The van der Waals surface area contributed by atoms with Crippen LogP contribution in [-0.2, 0) is 28.6 Å². The lowest BCUT2D eigenvalue weighted by atomic mass is 9.73. The number of carbonyl (C=O) groups is 3. The highest BCUT2D eigenvalue weighted by molar-refractivity contribution is 5.99. The number of hydrogen-bond acceptors (Lipinski definition) is 8. The van der Waals surface area contributed by atoms with E-state index in [1.807, 2.05) is 25.2 Å². The van der Waals surface area contributed by atoms with Crippen LogP contribution >= 0.6 is 0 Å². The number of amides is 2. The fraction of sp³-hybridized carbons (Fsp3) is 0.720. The quantitative estimate of drug-likeness (QED) is 0.379. The van der Waals surface area contributed by atoms with Gasteiger partial charge in [0.25, 0.3) is 0 Å². The van der Waals surface area contributed by atoms with Crippen LogP contribution < -0.4 is 0 Å². The van der Waals surface area contributed by atoms with Gasteiger partial charge in [0.1, 0.15) is 29.8 Å². The van der Waals surface area contributed by atoms with Crippen LogP contribution in [0.3, 0.4) is 0 Å². The highest BCUT2D eigenvalue weighted by atomic mass is 16.6. The van der Waals surface area contributed by atoms with Gasteiger partial charge >= 0.3 is 5.97 Å². The molecule has 0 aromatic heterocycles. The molecular weight excluding hydrogens is 454 g/mol. The zero-order valence-electron chi connectivity index (χ0n) is 20.3. The SMILES string of the molecule is CC[C@]12C=CCOC(=O)[C@H]1[C@H]1C(=O)N(CCCO)C3C(=O)N(CCN4CCOCC4)CC=C[C@@]31O2. The van der Waals surface area contributed by atoms with Crippen molar-refractivity contribution >= 4 is 17.8 Å². The van der Waals surface area contributed by atoms with Gasteiger partial charge in [-0.05, 0) is 18.9 Å². The standard InChI is InChI=1S/C25H35N3O7/c1-2-24-6-4-15-34-23(32)19(24)18-21(30)28(9-5-14-29)20-22(31)27(8-3-7-25(18,20)35-24)11-10-26-12-16-33-17-13-26/h3-4,6-7,18-20,29H,2,5,8-17H2,1H3/t18-,19+,20?,24-,25-/m0/s1. The molecule has 5 atom stereocenters. The fourth-order valence-corrected chi connectivity index (χ4v) is 6.41. The zero-order valence-corrected chi connectivity index (χ0v) is 20.3. The zero-order chi connectivity index (χ0) is 24.6. The summed E-state index contributed by atoms with van der Waals surface area (Å²) < 4.78 is 17.6. The van der Waals surface area contributed by atoms with Gasteiger partial charge in [0, 0.05) is 45.9 Å². The molecule has 0 saturated carbocycles. The Morgan fingerprint density at radius 1 is 1.03 bits per heavy atom. The van der Waals surface area contributed by atoms with Crippen molar-refractivity contribution in [2.24, 2.45) is 11.8 Å². The predicted molar refractivity (Wildman–Crippen MR) is 124 cm³/mol. The second-order valence-corrected chi connectivity index (χ2v) is 9.90. The lowest BCUT2D eigenvalue weighted by Gasteiger charge is -2.38. The van der Waals surface area contributed by atoms with E-state index >= 15 is 0 Å². The predicted octanol–water partition coefficient (Wildman–Crippen LogP) is -0.427. The largest absolute Gasteiger partial charge is 0.461 e. The van der Waals surface area contributed by atoms with Crippen LogP contribution in [0.4, 0.5) is 0 Å². The third-order valence-electron chi connectivity index (χ3n) is 8.13. The first-order chi connectivity index (χ1) is 17.0. The maximum Gasteiger partial charge on any atom is 0.313 e. The van der Waals surface area contributed by atoms with Gasteiger partial charge in [-0.1, -0.05) is 25.2 Å². The van der Waals surface area contributed by atoms with Crippen LogP contribution in [0.1, 0.15) is 19.8 Å². The number of hydrogen-bond donors (Lipinski definition) is 1. The van der Waals surface area contributed by atoms with E-state index in [2.05, 4.69) is 4.90 Å². The minimum atomic E-state index is -1.27. The number of aliphatic hydroxyl groups excluding tert-OH is 1. The van der Waals surface area contributed by atoms with Gasteiger partial charge in [-0.3, -0.25) is 19.3 Å².